The van der Waals surface area contributed by atoms with E-state index in [1.54, 1.807) is 12.4 Å². The molecule has 21 heavy (non-hydrogen) atoms. The second kappa shape index (κ2) is 5.80. The average Bonchev–Trinajstić information content (AvgIpc) is 2.97. The van der Waals surface area contributed by atoms with Gasteiger partial charge >= 0.3 is 0 Å². The SMILES string of the molecule is Cc1cnc(-c2noc(Cc3ccccc3CN)n2)nc1. The zero-order valence-corrected chi connectivity index (χ0v) is 11.7. The Hall–Kier alpha value is -2.60. The Bertz CT molecular complexity index is 736. The Morgan fingerprint density at radius 1 is 1.05 bits per heavy atom. The van der Waals surface area contributed by atoms with Gasteiger partial charge in [0.1, 0.15) is 0 Å². The van der Waals surface area contributed by atoms with Gasteiger partial charge in [-0.25, -0.2) is 9.97 Å². The number of benzene rings is 1. The van der Waals surface area contributed by atoms with Crippen LogP contribution >= 0.6 is 0 Å². The minimum Gasteiger partial charge on any atom is -0.339 e. The summed E-state index contributed by atoms with van der Waals surface area (Å²) in [4.78, 5) is 12.7. The molecule has 2 aromatic heterocycles. The first-order valence-electron chi connectivity index (χ1n) is 6.64. The van der Waals surface area contributed by atoms with Crippen molar-refractivity contribution in [3.63, 3.8) is 0 Å². The molecule has 0 aliphatic carbocycles. The lowest BCUT2D eigenvalue weighted by atomic mass is 10.0. The highest BCUT2D eigenvalue weighted by Crippen LogP contribution is 2.15. The van der Waals surface area contributed by atoms with Crippen LogP contribution < -0.4 is 5.73 Å². The molecule has 2 heterocycles. The van der Waals surface area contributed by atoms with Gasteiger partial charge in [0, 0.05) is 18.9 Å². The van der Waals surface area contributed by atoms with E-state index in [4.69, 9.17) is 10.3 Å². The summed E-state index contributed by atoms with van der Waals surface area (Å²) in [7, 11) is 0. The lowest BCUT2D eigenvalue weighted by molar-refractivity contribution is 0.385. The minimum atomic E-state index is 0.398. The smallest absolute Gasteiger partial charge is 0.240 e. The van der Waals surface area contributed by atoms with Gasteiger partial charge < -0.3 is 10.3 Å². The van der Waals surface area contributed by atoms with Gasteiger partial charge in [-0.2, -0.15) is 4.98 Å². The number of hydrogen-bond acceptors (Lipinski definition) is 6. The van der Waals surface area contributed by atoms with Crippen molar-refractivity contribution < 1.29 is 4.52 Å². The third kappa shape index (κ3) is 2.95. The quantitative estimate of drug-likeness (QED) is 0.785. The van der Waals surface area contributed by atoms with Crippen molar-refractivity contribution in [3.05, 3.63) is 59.2 Å². The summed E-state index contributed by atoms with van der Waals surface area (Å²) >= 11 is 0. The van der Waals surface area contributed by atoms with E-state index >= 15 is 0 Å². The first-order valence-corrected chi connectivity index (χ1v) is 6.64. The topological polar surface area (TPSA) is 90.7 Å². The van der Waals surface area contributed by atoms with Crippen molar-refractivity contribution in [2.75, 3.05) is 0 Å². The van der Waals surface area contributed by atoms with E-state index in [0.29, 0.717) is 30.5 Å². The summed E-state index contributed by atoms with van der Waals surface area (Å²) in [5.74, 6) is 1.38. The molecule has 3 aromatic rings. The molecule has 0 spiro atoms. The molecule has 6 nitrogen and oxygen atoms in total. The summed E-state index contributed by atoms with van der Waals surface area (Å²) in [5.41, 5.74) is 8.87. The molecule has 0 aliphatic heterocycles. The third-order valence-corrected chi connectivity index (χ3v) is 3.13. The molecule has 0 radical (unpaired) electrons. The fraction of sp³-hybridized carbons (Fsp3) is 0.200. The summed E-state index contributed by atoms with van der Waals surface area (Å²) in [6.07, 6.45) is 4.00. The molecule has 2 N–H and O–H groups in total. The third-order valence-electron chi connectivity index (χ3n) is 3.13. The van der Waals surface area contributed by atoms with E-state index in [-0.39, 0.29) is 0 Å². The normalized spacial score (nSPS) is 10.8. The fourth-order valence-electron chi connectivity index (χ4n) is 2.02. The second-order valence-electron chi connectivity index (χ2n) is 4.75. The maximum absolute atomic E-state index is 5.73. The highest BCUT2D eigenvalue weighted by Gasteiger charge is 2.12. The molecule has 0 amide bonds. The maximum atomic E-state index is 5.73. The lowest BCUT2D eigenvalue weighted by Gasteiger charge is -2.03. The van der Waals surface area contributed by atoms with E-state index in [0.717, 1.165) is 16.7 Å². The highest BCUT2D eigenvalue weighted by molar-refractivity contribution is 5.41. The van der Waals surface area contributed by atoms with Crippen molar-refractivity contribution in [2.24, 2.45) is 5.73 Å². The molecule has 0 bridgehead atoms. The Kier molecular flexibility index (Phi) is 3.70. The van der Waals surface area contributed by atoms with Crippen LogP contribution in [0.25, 0.3) is 11.6 Å². The van der Waals surface area contributed by atoms with Crippen LogP contribution in [0, 0.1) is 6.92 Å². The number of aromatic nitrogens is 4. The van der Waals surface area contributed by atoms with Gasteiger partial charge in [-0.1, -0.05) is 29.4 Å². The summed E-state index contributed by atoms with van der Waals surface area (Å²) < 4.78 is 5.27. The van der Waals surface area contributed by atoms with Crippen LogP contribution in [-0.4, -0.2) is 20.1 Å². The van der Waals surface area contributed by atoms with Gasteiger partial charge in [-0.3, -0.25) is 0 Å². The van der Waals surface area contributed by atoms with E-state index in [1.165, 1.54) is 0 Å². The number of aryl methyl sites for hydroxylation is 1. The first-order chi connectivity index (χ1) is 10.3. The Balaban J connectivity index is 1.83. The minimum absolute atomic E-state index is 0.398. The molecule has 106 valence electrons. The second-order valence-corrected chi connectivity index (χ2v) is 4.75. The molecular formula is C15H15N5O. The van der Waals surface area contributed by atoms with Crippen molar-refractivity contribution in [1.29, 1.82) is 0 Å². The molecular weight excluding hydrogens is 266 g/mol. The van der Waals surface area contributed by atoms with E-state index < -0.39 is 0 Å². The Morgan fingerprint density at radius 2 is 1.76 bits per heavy atom. The van der Waals surface area contributed by atoms with Crippen LogP contribution in [0.2, 0.25) is 0 Å². The van der Waals surface area contributed by atoms with Crippen LogP contribution in [0.5, 0.6) is 0 Å². The van der Waals surface area contributed by atoms with Crippen molar-refractivity contribution >= 4 is 0 Å². The molecule has 0 unspecified atom stereocenters. The van der Waals surface area contributed by atoms with Gasteiger partial charge in [0.05, 0.1) is 6.42 Å². The van der Waals surface area contributed by atoms with Crippen LogP contribution in [0.1, 0.15) is 22.6 Å². The van der Waals surface area contributed by atoms with Gasteiger partial charge in [0.2, 0.25) is 17.5 Å². The lowest BCUT2D eigenvalue weighted by Crippen LogP contribution is -2.02. The zero-order valence-electron chi connectivity index (χ0n) is 11.7. The van der Waals surface area contributed by atoms with Crippen LogP contribution in [0.15, 0.2) is 41.2 Å². The largest absolute Gasteiger partial charge is 0.339 e. The van der Waals surface area contributed by atoms with Gasteiger partial charge in [0.25, 0.3) is 0 Å². The highest BCUT2D eigenvalue weighted by atomic mass is 16.5. The van der Waals surface area contributed by atoms with Crippen LogP contribution in [0.3, 0.4) is 0 Å². The Morgan fingerprint density at radius 3 is 2.48 bits per heavy atom. The molecule has 6 heteroatoms. The number of rotatable bonds is 4. The van der Waals surface area contributed by atoms with Crippen molar-refractivity contribution in [2.45, 2.75) is 19.9 Å². The van der Waals surface area contributed by atoms with Crippen molar-refractivity contribution in [3.8, 4) is 11.6 Å². The predicted octanol–water partition coefficient (Wildman–Crippen LogP) is 1.88. The Labute approximate surface area is 122 Å². The summed E-state index contributed by atoms with van der Waals surface area (Å²) in [6.45, 7) is 2.41. The maximum Gasteiger partial charge on any atom is 0.240 e. The molecule has 0 saturated carbocycles. The zero-order chi connectivity index (χ0) is 14.7. The van der Waals surface area contributed by atoms with Gasteiger partial charge in [-0.15, -0.1) is 0 Å². The molecule has 1 aromatic carbocycles. The fourth-order valence-corrected chi connectivity index (χ4v) is 2.02. The number of hydrogen-bond donors (Lipinski definition) is 1. The van der Waals surface area contributed by atoms with E-state index in [9.17, 15) is 0 Å². The molecule has 0 fully saturated rings. The molecule has 0 atom stereocenters. The standard InChI is InChI=1S/C15H15N5O/c1-10-8-17-14(18-9-10)15-19-13(21-20-15)6-11-4-2-3-5-12(11)7-16/h2-5,8-9H,6-7,16H2,1H3. The monoisotopic (exact) mass is 281 g/mol. The van der Waals surface area contributed by atoms with E-state index in [2.05, 4.69) is 20.1 Å². The summed E-state index contributed by atoms with van der Waals surface area (Å²) in [6, 6.07) is 7.93. The molecule has 0 aliphatic rings. The summed E-state index contributed by atoms with van der Waals surface area (Å²) in [5, 5.41) is 3.93. The van der Waals surface area contributed by atoms with Gasteiger partial charge in [0.15, 0.2) is 0 Å². The van der Waals surface area contributed by atoms with Crippen LogP contribution in [-0.2, 0) is 13.0 Å². The van der Waals surface area contributed by atoms with E-state index in [1.807, 2.05) is 31.2 Å². The van der Waals surface area contributed by atoms with Crippen LogP contribution in [0.4, 0.5) is 0 Å². The molecule has 0 saturated heterocycles. The number of nitrogens with two attached hydrogens (primary N) is 1. The van der Waals surface area contributed by atoms with Gasteiger partial charge in [-0.05, 0) is 23.6 Å². The first kappa shape index (κ1) is 13.4. The molecule has 3 rings (SSSR count). The average molecular weight is 281 g/mol. The predicted molar refractivity (Wildman–Crippen MR) is 77.2 cm³/mol. The van der Waals surface area contributed by atoms with Crippen molar-refractivity contribution in [1.82, 2.24) is 20.1 Å². The number of nitrogens with zero attached hydrogens (tertiary/aromatic N) is 4.